The Kier molecular flexibility index (Phi) is 3.02. The molecule has 3 aromatic carbocycles. The summed E-state index contributed by atoms with van der Waals surface area (Å²) < 4.78 is 8.71. The molecule has 2 heteroatoms. The van der Waals surface area contributed by atoms with Crippen LogP contribution in [0.5, 0.6) is 0 Å². The van der Waals surface area contributed by atoms with Crippen LogP contribution < -0.4 is 0 Å². The zero-order valence-corrected chi connectivity index (χ0v) is 18.0. The summed E-state index contributed by atoms with van der Waals surface area (Å²) in [4.78, 5) is 0. The molecule has 4 aliphatic rings. The van der Waals surface area contributed by atoms with Crippen LogP contribution in [0.3, 0.4) is 0 Å². The van der Waals surface area contributed by atoms with Crippen LogP contribution in [0.15, 0.2) is 59.0 Å². The Labute approximate surface area is 181 Å². The Morgan fingerprint density at radius 1 is 0.742 bits per heavy atom. The van der Waals surface area contributed by atoms with Gasteiger partial charge in [-0.3, -0.25) is 0 Å². The largest absolute Gasteiger partial charge is 0.456 e. The van der Waals surface area contributed by atoms with Gasteiger partial charge in [-0.05, 0) is 91.5 Å². The van der Waals surface area contributed by atoms with Gasteiger partial charge >= 0.3 is 0 Å². The Morgan fingerprint density at radius 2 is 1.48 bits per heavy atom. The minimum Gasteiger partial charge on any atom is -0.456 e. The third kappa shape index (κ3) is 2.09. The fourth-order valence-electron chi connectivity index (χ4n) is 8.35. The molecule has 2 heterocycles. The molecule has 0 saturated heterocycles. The average Bonchev–Trinajstić information content (AvgIpc) is 3.26. The minimum absolute atomic E-state index is 0.394. The molecule has 2 aromatic heterocycles. The quantitative estimate of drug-likeness (QED) is 0.279. The lowest BCUT2D eigenvalue weighted by Crippen LogP contribution is -2.48. The highest BCUT2D eigenvalue weighted by atomic mass is 16.3. The molecule has 2 nitrogen and oxygen atoms in total. The van der Waals surface area contributed by atoms with E-state index in [0.29, 0.717) is 5.41 Å². The summed E-state index contributed by atoms with van der Waals surface area (Å²) in [6.45, 7) is 0. The van der Waals surface area contributed by atoms with Crippen molar-refractivity contribution in [2.75, 3.05) is 0 Å². The molecule has 4 aliphatic carbocycles. The van der Waals surface area contributed by atoms with Gasteiger partial charge in [0, 0.05) is 39.6 Å². The maximum Gasteiger partial charge on any atom is 0.136 e. The molecule has 4 saturated carbocycles. The van der Waals surface area contributed by atoms with Gasteiger partial charge in [0.2, 0.25) is 0 Å². The second-order valence-electron chi connectivity index (χ2n) is 10.9. The molecule has 0 unspecified atom stereocenters. The molecule has 0 atom stereocenters. The van der Waals surface area contributed by atoms with E-state index < -0.39 is 0 Å². The van der Waals surface area contributed by atoms with Crippen molar-refractivity contribution in [2.24, 2.45) is 24.8 Å². The maximum atomic E-state index is 6.30. The van der Waals surface area contributed by atoms with Gasteiger partial charge in [0.05, 0.1) is 0 Å². The number of aromatic nitrogens is 1. The van der Waals surface area contributed by atoms with Crippen molar-refractivity contribution in [3.63, 3.8) is 0 Å². The lowest BCUT2D eigenvalue weighted by molar-refractivity contribution is -0.00447. The lowest BCUT2D eigenvalue weighted by atomic mass is 9.48. The summed E-state index contributed by atoms with van der Waals surface area (Å²) in [5.74, 6) is 2.87. The van der Waals surface area contributed by atoms with Crippen molar-refractivity contribution >= 4 is 43.7 Å². The van der Waals surface area contributed by atoms with E-state index in [1.54, 1.807) is 5.56 Å². The molecule has 9 rings (SSSR count). The lowest BCUT2D eigenvalue weighted by Gasteiger charge is -2.57. The van der Waals surface area contributed by atoms with E-state index in [1.807, 2.05) is 0 Å². The van der Waals surface area contributed by atoms with Gasteiger partial charge in [0.25, 0.3) is 0 Å². The summed E-state index contributed by atoms with van der Waals surface area (Å²) in [6, 6.07) is 20.2. The molecule has 154 valence electrons. The third-order valence-corrected chi connectivity index (χ3v) is 9.14. The van der Waals surface area contributed by atoms with Crippen LogP contribution in [-0.2, 0) is 12.5 Å². The number of nitrogens with zero attached hydrogens (tertiary/aromatic N) is 1. The van der Waals surface area contributed by atoms with E-state index in [9.17, 15) is 0 Å². The highest BCUT2D eigenvalue weighted by molar-refractivity contribution is 6.17. The Hall–Kier alpha value is -2.74. The molecule has 4 bridgehead atoms. The van der Waals surface area contributed by atoms with Crippen LogP contribution in [-0.4, -0.2) is 4.57 Å². The van der Waals surface area contributed by atoms with Crippen molar-refractivity contribution in [1.82, 2.24) is 4.57 Å². The Balaban J connectivity index is 1.46. The molecule has 0 amide bonds. The van der Waals surface area contributed by atoms with E-state index in [0.717, 1.165) is 28.9 Å². The topological polar surface area (TPSA) is 18.1 Å². The summed E-state index contributed by atoms with van der Waals surface area (Å²) >= 11 is 0. The van der Waals surface area contributed by atoms with Gasteiger partial charge in [0.1, 0.15) is 11.2 Å². The number of benzene rings is 3. The second kappa shape index (κ2) is 5.54. The number of rotatable bonds is 1. The molecular weight excluding hydrogens is 378 g/mol. The van der Waals surface area contributed by atoms with Gasteiger partial charge in [-0.25, -0.2) is 0 Å². The summed E-state index contributed by atoms with van der Waals surface area (Å²) in [6.07, 6.45) is 8.68. The van der Waals surface area contributed by atoms with Crippen LogP contribution in [0, 0.1) is 17.8 Å². The van der Waals surface area contributed by atoms with Gasteiger partial charge in [-0.15, -0.1) is 0 Å². The van der Waals surface area contributed by atoms with Gasteiger partial charge in [-0.1, -0.05) is 30.3 Å². The first-order valence-corrected chi connectivity index (χ1v) is 12.0. The van der Waals surface area contributed by atoms with Crippen molar-refractivity contribution in [3.8, 4) is 0 Å². The number of furan rings is 1. The molecule has 4 fully saturated rings. The second-order valence-corrected chi connectivity index (χ2v) is 10.9. The minimum atomic E-state index is 0.394. The van der Waals surface area contributed by atoms with Crippen LogP contribution in [0.4, 0.5) is 0 Å². The SMILES string of the molecule is Cn1c2cc3c(cc2c2c(C45CC6CC(CC(C6)C4)C5)cccc21)oc1ccccc13. The normalized spacial score (nSPS) is 29.8. The molecule has 5 aromatic rings. The first kappa shape index (κ1) is 16.9. The van der Waals surface area contributed by atoms with E-state index >= 15 is 0 Å². The highest BCUT2D eigenvalue weighted by Gasteiger charge is 2.52. The van der Waals surface area contributed by atoms with Crippen LogP contribution >= 0.6 is 0 Å². The van der Waals surface area contributed by atoms with Gasteiger partial charge < -0.3 is 8.98 Å². The van der Waals surface area contributed by atoms with Crippen molar-refractivity contribution < 1.29 is 4.42 Å². The Morgan fingerprint density at radius 3 is 2.26 bits per heavy atom. The summed E-state index contributed by atoms with van der Waals surface area (Å²) in [7, 11) is 2.24. The third-order valence-electron chi connectivity index (χ3n) is 9.14. The predicted octanol–water partition coefficient (Wildman–Crippen LogP) is 7.70. The van der Waals surface area contributed by atoms with Crippen LogP contribution in [0.25, 0.3) is 43.7 Å². The van der Waals surface area contributed by atoms with Crippen LogP contribution in [0.1, 0.15) is 44.1 Å². The average molecular weight is 406 g/mol. The van der Waals surface area contributed by atoms with Crippen molar-refractivity contribution in [1.29, 1.82) is 0 Å². The molecule has 0 spiro atoms. The number of hydrogen-bond acceptors (Lipinski definition) is 1. The molecular formula is C29H27NO. The Bertz CT molecular complexity index is 1500. The number of fused-ring (bicyclic) bond motifs is 6. The molecule has 31 heavy (non-hydrogen) atoms. The van der Waals surface area contributed by atoms with Crippen LogP contribution in [0.2, 0.25) is 0 Å². The fourth-order valence-corrected chi connectivity index (χ4v) is 8.35. The van der Waals surface area contributed by atoms with E-state index in [1.165, 1.54) is 71.1 Å². The molecule has 0 radical (unpaired) electrons. The first-order chi connectivity index (χ1) is 15.2. The van der Waals surface area contributed by atoms with E-state index in [-0.39, 0.29) is 0 Å². The standard InChI is InChI=1S/C29H27NO/c1-30-24-7-4-6-23(29-14-17-9-18(15-29)11-19(10-17)16-29)28(24)22-13-27-21(12-25(22)30)20-5-2-3-8-26(20)31-27/h2-8,12-13,17-19H,9-11,14-16H2,1H3. The number of hydrogen-bond donors (Lipinski definition) is 0. The number of para-hydroxylation sites is 1. The molecule has 0 aliphatic heterocycles. The number of aryl methyl sites for hydroxylation is 1. The maximum absolute atomic E-state index is 6.30. The van der Waals surface area contributed by atoms with Gasteiger partial charge in [0.15, 0.2) is 0 Å². The van der Waals surface area contributed by atoms with Crippen molar-refractivity contribution in [3.05, 3.63) is 60.2 Å². The monoisotopic (exact) mass is 405 g/mol. The molecule has 0 N–H and O–H groups in total. The zero-order chi connectivity index (χ0) is 20.3. The van der Waals surface area contributed by atoms with E-state index in [4.69, 9.17) is 4.42 Å². The first-order valence-electron chi connectivity index (χ1n) is 12.0. The fraction of sp³-hybridized carbons (Fsp3) is 0.379. The summed E-state index contributed by atoms with van der Waals surface area (Å²) in [5, 5.41) is 5.30. The zero-order valence-electron chi connectivity index (χ0n) is 18.0. The predicted molar refractivity (Wildman–Crippen MR) is 128 cm³/mol. The highest BCUT2D eigenvalue weighted by Crippen LogP contribution is 2.61. The smallest absolute Gasteiger partial charge is 0.136 e. The van der Waals surface area contributed by atoms with Crippen molar-refractivity contribution in [2.45, 2.75) is 43.9 Å². The van der Waals surface area contributed by atoms with Gasteiger partial charge in [-0.2, -0.15) is 0 Å². The van der Waals surface area contributed by atoms with E-state index in [2.05, 4.69) is 66.2 Å². The summed E-state index contributed by atoms with van der Waals surface area (Å²) in [5.41, 5.74) is 6.72.